The highest BCUT2D eigenvalue weighted by Gasteiger charge is 2.21. The molecule has 2 rings (SSSR count). The molecule has 0 amide bonds. The second-order valence-corrected chi connectivity index (χ2v) is 7.40. The molecule has 0 saturated heterocycles. The van der Waals surface area contributed by atoms with E-state index in [1.807, 2.05) is 0 Å². The number of esters is 1. The molecular formula is C17H18ClNO6S. The van der Waals surface area contributed by atoms with Crippen molar-refractivity contribution in [3.8, 4) is 11.5 Å². The average Bonchev–Trinajstić information content (AvgIpc) is 2.65. The Balaban J connectivity index is 2.26. The van der Waals surface area contributed by atoms with Gasteiger partial charge in [-0.25, -0.2) is 17.9 Å². The van der Waals surface area contributed by atoms with Crippen LogP contribution in [0, 0.1) is 0 Å². The fraction of sp³-hybridized carbons (Fsp3) is 0.235. The average molecular weight is 400 g/mol. The lowest BCUT2D eigenvalue weighted by Crippen LogP contribution is -2.20. The Morgan fingerprint density at radius 2 is 1.73 bits per heavy atom. The molecule has 0 unspecified atom stereocenters. The molecule has 7 nitrogen and oxygen atoms in total. The largest absolute Gasteiger partial charge is 0.496 e. The lowest BCUT2D eigenvalue weighted by Gasteiger charge is -2.12. The topological polar surface area (TPSA) is 90.9 Å². The maximum absolute atomic E-state index is 12.3. The molecule has 0 heterocycles. The van der Waals surface area contributed by atoms with Gasteiger partial charge in [0.1, 0.15) is 23.0 Å². The van der Waals surface area contributed by atoms with Gasteiger partial charge in [0.2, 0.25) is 10.0 Å². The maximum Gasteiger partial charge on any atom is 0.338 e. The predicted octanol–water partition coefficient (Wildman–Crippen LogP) is 2.62. The summed E-state index contributed by atoms with van der Waals surface area (Å²) in [6.07, 6.45) is 0. The van der Waals surface area contributed by atoms with E-state index < -0.39 is 16.0 Å². The fourth-order valence-electron chi connectivity index (χ4n) is 2.21. The van der Waals surface area contributed by atoms with Crippen molar-refractivity contribution in [3.63, 3.8) is 0 Å². The first-order valence-electron chi connectivity index (χ1n) is 7.43. The third-order valence-electron chi connectivity index (χ3n) is 3.56. The Labute approximate surface area is 156 Å². The highest BCUT2D eigenvalue weighted by atomic mass is 35.5. The number of halogens is 1. The number of nitrogens with one attached hydrogen (secondary N) is 1. The van der Waals surface area contributed by atoms with Crippen LogP contribution in [-0.4, -0.2) is 35.7 Å². The molecule has 26 heavy (non-hydrogen) atoms. The maximum atomic E-state index is 12.3. The standard InChI is InChI=1S/C17H18ClNO6S/c1-19-26(21,22)16-9-11(4-6-15(16)24-3)17(20)25-10-12-8-13(18)5-7-14(12)23-2/h4-9,19H,10H2,1-3H3. The minimum Gasteiger partial charge on any atom is -0.496 e. The van der Waals surface area contributed by atoms with Gasteiger partial charge in [0.25, 0.3) is 0 Å². The number of carbonyl (C=O) groups is 1. The molecule has 2 aromatic carbocycles. The molecule has 0 spiro atoms. The SMILES string of the molecule is CNS(=O)(=O)c1cc(C(=O)OCc2cc(Cl)ccc2OC)ccc1OC. The van der Waals surface area contributed by atoms with Crippen LogP contribution in [0.3, 0.4) is 0 Å². The summed E-state index contributed by atoms with van der Waals surface area (Å²) in [5.41, 5.74) is 0.658. The van der Waals surface area contributed by atoms with E-state index in [0.29, 0.717) is 16.3 Å². The number of sulfonamides is 1. The molecule has 140 valence electrons. The van der Waals surface area contributed by atoms with Gasteiger partial charge in [-0.15, -0.1) is 0 Å². The summed E-state index contributed by atoms with van der Waals surface area (Å²) in [7, 11) is 0.302. The van der Waals surface area contributed by atoms with Gasteiger partial charge in [-0.3, -0.25) is 0 Å². The van der Waals surface area contributed by atoms with Gasteiger partial charge < -0.3 is 14.2 Å². The first-order chi connectivity index (χ1) is 12.3. The highest BCUT2D eigenvalue weighted by Crippen LogP contribution is 2.26. The van der Waals surface area contributed by atoms with E-state index in [1.165, 1.54) is 39.5 Å². The Morgan fingerprint density at radius 1 is 1.08 bits per heavy atom. The smallest absolute Gasteiger partial charge is 0.338 e. The fourth-order valence-corrected chi connectivity index (χ4v) is 3.32. The lowest BCUT2D eigenvalue weighted by atomic mass is 10.2. The zero-order chi connectivity index (χ0) is 19.3. The van der Waals surface area contributed by atoms with E-state index in [9.17, 15) is 13.2 Å². The lowest BCUT2D eigenvalue weighted by molar-refractivity contribution is 0.0470. The number of carbonyl (C=O) groups excluding carboxylic acids is 1. The molecule has 0 saturated carbocycles. The number of ether oxygens (including phenoxy) is 3. The number of methoxy groups -OCH3 is 2. The number of benzene rings is 2. The van der Waals surface area contributed by atoms with Crippen molar-refractivity contribution >= 4 is 27.6 Å². The van der Waals surface area contributed by atoms with E-state index >= 15 is 0 Å². The third-order valence-corrected chi connectivity index (χ3v) is 5.23. The van der Waals surface area contributed by atoms with Crippen LogP contribution in [0.5, 0.6) is 11.5 Å². The molecule has 1 N–H and O–H groups in total. The van der Waals surface area contributed by atoms with Gasteiger partial charge in [-0.2, -0.15) is 0 Å². The van der Waals surface area contributed by atoms with Gasteiger partial charge in [0.05, 0.1) is 19.8 Å². The van der Waals surface area contributed by atoms with Gasteiger partial charge in [0, 0.05) is 10.6 Å². The van der Waals surface area contributed by atoms with Crippen LogP contribution >= 0.6 is 11.6 Å². The van der Waals surface area contributed by atoms with Crippen molar-refractivity contribution in [2.45, 2.75) is 11.5 Å². The zero-order valence-electron chi connectivity index (χ0n) is 14.4. The van der Waals surface area contributed by atoms with Crippen molar-refractivity contribution in [1.29, 1.82) is 0 Å². The van der Waals surface area contributed by atoms with Gasteiger partial charge in [0.15, 0.2) is 0 Å². The Morgan fingerprint density at radius 3 is 2.35 bits per heavy atom. The number of hydrogen-bond acceptors (Lipinski definition) is 6. The first-order valence-corrected chi connectivity index (χ1v) is 9.29. The molecule has 2 aromatic rings. The molecule has 0 fully saturated rings. The first kappa shape index (κ1) is 20.0. The van der Waals surface area contributed by atoms with Crippen LogP contribution in [0.2, 0.25) is 5.02 Å². The van der Waals surface area contributed by atoms with Crippen LogP contribution in [0.1, 0.15) is 15.9 Å². The molecule has 0 aliphatic carbocycles. The van der Waals surface area contributed by atoms with E-state index in [1.54, 1.807) is 18.2 Å². The molecular weight excluding hydrogens is 382 g/mol. The van der Waals surface area contributed by atoms with Gasteiger partial charge >= 0.3 is 5.97 Å². The highest BCUT2D eigenvalue weighted by molar-refractivity contribution is 7.89. The van der Waals surface area contributed by atoms with Crippen LogP contribution < -0.4 is 14.2 Å². The van der Waals surface area contributed by atoms with Gasteiger partial charge in [-0.1, -0.05) is 11.6 Å². The molecule has 0 bridgehead atoms. The monoisotopic (exact) mass is 399 g/mol. The van der Waals surface area contributed by atoms with Crippen molar-refractivity contribution in [2.75, 3.05) is 21.3 Å². The van der Waals surface area contributed by atoms with Crippen LogP contribution in [-0.2, 0) is 21.4 Å². The summed E-state index contributed by atoms with van der Waals surface area (Å²) in [6, 6.07) is 8.95. The van der Waals surface area contributed by atoms with Crippen molar-refractivity contribution in [3.05, 3.63) is 52.5 Å². The minimum atomic E-state index is -3.80. The normalized spacial score (nSPS) is 11.1. The Bertz CT molecular complexity index is 913. The second-order valence-electron chi connectivity index (χ2n) is 5.11. The van der Waals surface area contributed by atoms with Crippen LogP contribution in [0.25, 0.3) is 0 Å². The van der Waals surface area contributed by atoms with Crippen molar-refractivity contribution in [1.82, 2.24) is 4.72 Å². The van der Waals surface area contributed by atoms with E-state index in [2.05, 4.69) is 4.72 Å². The number of rotatable bonds is 7. The summed E-state index contributed by atoms with van der Waals surface area (Å²) >= 11 is 5.94. The predicted molar refractivity (Wildman–Crippen MR) is 96.4 cm³/mol. The molecule has 0 atom stereocenters. The number of hydrogen-bond donors (Lipinski definition) is 1. The van der Waals surface area contributed by atoms with Crippen molar-refractivity contribution < 1.29 is 27.4 Å². The van der Waals surface area contributed by atoms with Crippen LogP contribution in [0.4, 0.5) is 0 Å². The van der Waals surface area contributed by atoms with E-state index in [-0.39, 0.29) is 22.8 Å². The summed E-state index contributed by atoms with van der Waals surface area (Å²) in [5, 5.41) is 0.476. The summed E-state index contributed by atoms with van der Waals surface area (Å²) in [4.78, 5) is 12.2. The van der Waals surface area contributed by atoms with Gasteiger partial charge in [-0.05, 0) is 43.4 Å². The molecule has 0 aliphatic heterocycles. The molecule has 0 radical (unpaired) electrons. The molecule has 0 aromatic heterocycles. The quantitative estimate of drug-likeness (QED) is 0.720. The third kappa shape index (κ3) is 4.46. The summed E-state index contributed by atoms with van der Waals surface area (Å²) in [5.74, 6) is -0.0509. The minimum absolute atomic E-state index is 0.0700. The molecule has 0 aliphatic rings. The Hall–Kier alpha value is -2.29. The summed E-state index contributed by atoms with van der Waals surface area (Å²) in [6.45, 7) is -0.0806. The Kier molecular flexibility index (Phi) is 6.47. The van der Waals surface area contributed by atoms with Crippen LogP contribution in [0.15, 0.2) is 41.3 Å². The zero-order valence-corrected chi connectivity index (χ0v) is 16.0. The van der Waals surface area contributed by atoms with E-state index in [0.717, 1.165) is 0 Å². The second kappa shape index (κ2) is 8.39. The van der Waals surface area contributed by atoms with E-state index in [4.69, 9.17) is 25.8 Å². The van der Waals surface area contributed by atoms with Crippen molar-refractivity contribution in [2.24, 2.45) is 0 Å². The summed E-state index contributed by atoms with van der Waals surface area (Å²) < 4.78 is 41.8. The molecule has 9 heteroatoms.